The number of nitrogens with zero attached hydrogens (tertiary/aromatic N) is 3. The first kappa shape index (κ1) is 33.6. The van der Waals surface area contributed by atoms with E-state index in [0.717, 1.165) is 51.1 Å². The maximum atomic E-state index is 12.1. The molecule has 1 aromatic rings. The van der Waals surface area contributed by atoms with Gasteiger partial charge in [0.05, 0.1) is 12.5 Å². The summed E-state index contributed by atoms with van der Waals surface area (Å²) in [7, 11) is 1.63. The smallest absolute Gasteiger partial charge is 0.481 e. The molecule has 0 aromatic carbocycles. The van der Waals surface area contributed by atoms with Gasteiger partial charge in [-0.05, 0) is 25.5 Å². The number of carboxylic acid groups (broad SMARTS) is 3. The zero-order chi connectivity index (χ0) is 30.0. The number of rotatable bonds is 6. The van der Waals surface area contributed by atoms with Crippen molar-refractivity contribution in [1.82, 2.24) is 14.8 Å². The van der Waals surface area contributed by atoms with Crippen LogP contribution in [-0.4, -0.2) is 100 Å². The molecule has 2 aliphatic rings. The molecule has 0 aliphatic carbocycles. The number of hydrogen-bond donors (Lipinski definition) is 3. The summed E-state index contributed by atoms with van der Waals surface area (Å²) >= 11 is 0. The molecule has 2 aliphatic heterocycles. The molecule has 220 valence electrons. The van der Waals surface area contributed by atoms with Crippen LogP contribution < -0.4 is 4.74 Å². The third kappa shape index (κ3) is 10.0. The van der Waals surface area contributed by atoms with E-state index < -0.39 is 35.7 Å². The molecule has 2 atom stereocenters. The zero-order valence-electron chi connectivity index (χ0n) is 20.8. The van der Waals surface area contributed by atoms with Gasteiger partial charge < -0.3 is 20.1 Å². The van der Waals surface area contributed by atoms with Gasteiger partial charge in [-0.2, -0.15) is 26.3 Å². The Morgan fingerprint density at radius 2 is 1.64 bits per heavy atom. The Labute approximate surface area is 219 Å². The molecule has 3 rings (SSSR count). The van der Waals surface area contributed by atoms with Gasteiger partial charge in [0.15, 0.2) is 0 Å². The van der Waals surface area contributed by atoms with Crippen molar-refractivity contribution in [2.24, 2.45) is 11.3 Å². The normalized spacial score (nSPS) is 21.7. The Balaban J connectivity index is 0.000000449. The van der Waals surface area contributed by atoms with E-state index in [-0.39, 0.29) is 5.92 Å². The standard InChI is InChI=1S/C19H27N3O3.2C2HF3O2/c1-3-9-22-13-16-12-21(10-5-7-19(16,14-22)18(23)24)11-15-6-4-8-20-17(15)25-2;2*3-2(4,5)1(6)7/h3-4,6,8,16H,1,5,7,9-14H2,2H3,(H,23,24);2*(H,6,7)/t16-,19-;;/m0../s1. The molecule has 0 amide bonds. The van der Waals surface area contributed by atoms with Crippen molar-refractivity contribution in [3.63, 3.8) is 0 Å². The average molecular weight is 573 g/mol. The third-order valence-electron chi connectivity index (χ3n) is 6.08. The van der Waals surface area contributed by atoms with Crippen LogP contribution in [0.3, 0.4) is 0 Å². The minimum absolute atomic E-state index is 0.134. The van der Waals surface area contributed by atoms with Crippen LogP contribution in [0.1, 0.15) is 18.4 Å². The molecule has 0 unspecified atom stereocenters. The number of alkyl halides is 6. The van der Waals surface area contributed by atoms with Gasteiger partial charge in [0, 0.05) is 50.4 Å². The van der Waals surface area contributed by atoms with Gasteiger partial charge >= 0.3 is 30.3 Å². The molecule has 3 N–H and O–H groups in total. The van der Waals surface area contributed by atoms with Crippen LogP contribution in [0.5, 0.6) is 5.88 Å². The van der Waals surface area contributed by atoms with Gasteiger partial charge in [-0.15, -0.1) is 6.58 Å². The summed E-state index contributed by atoms with van der Waals surface area (Å²) in [6, 6.07) is 3.94. The van der Waals surface area contributed by atoms with Crippen LogP contribution in [0.2, 0.25) is 0 Å². The number of ether oxygens (including phenoxy) is 1. The fourth-order valence-corrected chi connectivity index (χ4v) is 4.40. The molecule has 16 heteroatoms. The second-order valence-electron chi connectivity index (χ2n) is 8.76. The van der Waals surface area contributed by atoms with Crippen LogP contribution in [0.15, 0.2) is 31.0 Å². The van der Waals surface area contributed by atoms with E-state index in [9.17, 15) is 36.2 Å². The molecule has 10 nitrogen and oxygen atoms in total. The molecular formula is C23H29F6N3O7. The lowest BCUT2D eigenvalue weighted by Crippen LogP contribution is -2.41. The van der Waals surface area contributed by atoms with E-state index in [1.807, 2.05) is 18.2 Å². The minimum atomic E-state index is -5.08. The summed E-state index contributed by atoms with van der Waals surface area (Å²) in [6.45, 7) is 8.43. The minimum Gasteiger partial charge on any atom is -0.481 e. The summed E-state index contributed by atoms with van der Waals surface area (Å²) < 4.78 is 68.8. The van der Waals surface area contributed by atoms with Gasteiger partial charge in [-0.25, -0.2) is 14.6 Å². The van der Waals surface area contributed by atoms with Gasteiger partial charge in [0.2, 0.25) is 5.88 Å². The first-order valence-electron chi connectivity index (χ1n) is 11.3. The summed E-state index contributed by atoms with van der Waals surface area (Å²) in [6.07, 6.45) is -4.95. The van der Waals surface area contributed by atoms with E-state index >= 15 is 0 Å². The summed E-state index contributed by atoms with van der Waals surface area (Å²) in [5.74, 6) is -5.38. The highest BCUT2D eigenvalue weighted by molar-refractivity contribution is 5.76. The molecule has 39 heavy (non-hydrogen) atoms. The summed E-state index contributed by atoms with van der Waals surface area (Å²) in [4.78, 5) is 38.8. The maximum Gasteiger partial charge on any atom is 0.490 e. The zero-order valence-corrected chi connectivity index (χ0v) is 20.8. The van der Waals surface area contributed by atoms with Crippen LogP contribution in [0.25, 0.3) is 0 Å². The van der Waals surface area contributed by atoms with Gasteiger partial charge in [0.25, 0.3) is 0 Å². The predicted molar refractivity (Wildman–Crippen MR) is 123 cm³/mol. The van der Waals surface area contributed by atoms with Gasteiger partial charge in [-0.1, -0.05) is 12.1 Å². The van der Waals surface area contributed by atoms with Crippen molar-refractivity contribution in [3.8, 4) is 5.88 Å². The number of carbonyl (C=O) groups is 3. The van der Waals surface area contributed by atoms with E-state index in [1.165, 1.54) is 0 Å². The number of hydrogen-bond acceptors (Lipinski definition) is 7. The molecule has 0 saturated carbocycles. The topological polar surface area (TPSA) is 140 Å². The predicted octanol–water partition coefficient (Wildman–Crippen LogP) is 3.14. The monoisotopic (exact) mass is 573 g/mol. The van der Waals surface area contributed by atoms with Crippen LogP contribution >= 0.6 is 0 Å². The number of aliphatic carboxylic acids is 3. The van der Waals surface area contributed by atoms with Crippen LogP contribution in [0, 0.1) is 11.3 Å². The molecule has 3 heterocycles. The molecular weight excluding hydrogens is 544 g/mol. The lowest BCUT2D eigenvalue weighted by molar-refractivity contribution is -0.193. The van der Waals surface area contributed by atoms with Crippen molar-refractivity contribution in [1.29, 1.82) is 0 Å². The van der Waals surface area contributed by atoms with Crippen LogP contribution in [-0.2, 0) is 20.9 Å². The highest BCUT2D eigenvalue weighted by Crippen LogP contribution is 2.43. The fraction of sp³-hybridized carbons (Fsp3) is 0.565. The number of likely N-dealkylation sites (tertiary alicyclic amines) is 2. The Morgan fingerprint density at radius 3 is 2.10 bits per heavy atom. The second kappa shape index (κ2) is 14.1. The highest BCUT2D eigenvalue weighted by atomic mass is 19.4. The van der Waals surface area contributed by atoms with Crippen LogP contribution in [0.4, 0.5) is 26.3 Å². The number of carboxylic acids is 3. The fourth-order valence-electron chi connectivity index (χ4n) is 4.40. The van der Waals surface area contributed by atoms with Gasteiger partial charge in [0.1, 0.15) is 0 Å². The second-order valence-corrected chi connectivity index (χ2v) is 8.76. The SMILES string of the molecule is C=CCN1C[C@@H]2CN(Cc3cccnc3OC)CCC[C@]2(C(=O)O)C1.O=C(O)C(F)(F)F.O=C(O)C(F)(F)F. The summed E-state index contributed by atoms with van der Waals surface area (Å²) in [5, 5.41) is 24.2. The van der Waals surface area contributed by atoms with E-state index in [1.54, 1.807) is 13.3 Å². The number of methoxy groups -OCH3 is 1. The first-order valence-corrected chi connectivity index (χ1v) is 11.3. The molecule has 0 radical (unpaired) electrons. The lowest BCUT2D eigenvalue weighted by Gasteiger charge is -2.29. The Bertz CT molecular complexity index is 981. The van der Waals surface area contributed by atoms with Crippen molar-refractivity contribution in [2.45, 2.75) is 31.7 Å². The largest absolute Gasteiger partial charge is 0.490 e. The molecule has 0 spiro atoms. The first-order chi connectivity index (χ1) is 18.0. The van der Waals surface area contributed by atoms with Crippen molar-refractivity contribution >= 4 is 17.9 Å². The lowest BCUT2D eigenvalue weighted by atomic mass is 9.75. The third-order valence-corrected chi connectivity index (χ3v) is 6.08. The number of halogens is 6. The van der Waals surface area contributed by atoms with Gasteiger partial charge in [-0.3, -0.25) is 14.6 Å². The quantitative estimate of drug-likeness (QED) is 0.344. The number of fused-ring (bicyclic) bond motifs is 1. The van der Waals surface area contributed by atoms with E-state index in [4.69, 9.17) is 24.5 Å². The Kier molecular flexibility index (Phi) is 12.2. The number of aromatic nitrogens is 1. The van der Waals surface area contributed by atoms with Crippen molar-refractivity contribution < 1.29 is 60.8 Å². The Hall–Kier alpha value is -3.40. The average Bonchev–Trinajstić information content (AvgIpc) is 3.07. The molecule has 2 saturated heterocycles. The van der Waals surface area contributed by atoms with Crippen molar-refractivity contribution in [2.75, 3.05) is 39.8 Å². The molecule has 1 aromatic heterocycles. The molecule has 2 fully saturated rings. The molecule has 0 bridgehead atoms. The Morgan fingerprint density at radius 1 is 1.10 bits per heavy atom. The highest BCUT2D eigenvalue weighted by Gasteiger charge is 2.53. The maximum absolute atomic E-state index is 12.1. The number of pyridine rings is 1. The van der Waals surface area contributed by atoms with E-state index in [0.29, 0.717) is 12.4 Å². The van der Waals surface area contributed by atoms with E-state index in [2.05, 4.69) is 21.4 Å². The summed E-state index contributed by atoms with van der Waals surface area (Å²) in [5.41, 5.74) is 0.422. The van der Waals surface area contributed by atoms with Crippen molar-refractivity contribution in [3.05, 3.63) is 36.5 Å².